The molecule has 19 heavy (non-hydrogen) atoms. The Morgan fingerprint density at radius 1 is 1.37 bits per heavy atom. The first kappa shape index (κ1) is 12.6. The van der Waals surface area contributed by atoms with Gasteiger partial charge in [-0.1, -0.05) is 21.1 Å². The number of ether oxygens (including phenoxy) is 1. The lowest BCUT2D eigenvalue weighted by atomic mass is 10.0. The Morgan fingerprint density at radius 2 is 2.26 bits per heavy atom. The van der Waals surface area contributed by atoms with Crippen molar-refractivity contribution in [2.45, 2.75) is 18.8 Å². The van der Waals surface area contributed by atoms with Gasteiger partial charge in [0.15, 0.2) is 5.82 Å². The highest BCUT2D eigenvalue weighted by atomic mass is 79.9. The monoisotopic (exact) mass is 324 g/mol. The maximum Gasteiger partial charge on any atom is 0.261 e. The van der Waals surface area contributed by atoms with Crippen LogP contribution in [0.4, 0.5) is 0 Å². The summed E-state index contributed by atoms with van der Waals surface area (Å²) >= 11 is 3.29. The predicted molar refractivity (Wildman–Crippen MR) is 71.9 cm³/mol. The largest absolute Gasteiger partial charge is 0.507 e. The van der Waals surface area contributed by atoms with E-state index >= 15 is 0 Å². The summed E-state index contributed by atoms with van der Waals surface area (Å²) in [6.07, 6.45) is 2.02. The summed E-state index contributed by atoms with van der Waals surface area (Å²) in [7, 11) is 0. The number of phenols is 1. The summed E-state index contributed by atoms with van der Waals surface area (Å²) in [4.78, 5) is 4.36. The molecule has 5 nitrogen and oxygen atoms in total. The minimum atomic E-state index is 0.115. The molecule has 0 radical (unpaired) electrons. The van der Waals surface area contributed by atoms with Crippen molar-refractivity contribution in [1.29, 1.82) is 0 Å². The molecule has 6 heteroatoms. The molecule has 1 aliphatic rings. The van der Waals surface area contributed by atoms with E-state index < -0.39 is 0 Å². The molecule has 1 aromatic heterocycles. The number of halogens is 1. The third-order valence-electron chi connectivity index (χ3n) is 3.16. The van der Waals surface area contributed by atoms with E-state index in [0.29, 0.717) is 23.9 Å². The maximum absolute atomic E-state index is 9.88. The molecule has 0 bridgehead atoms. The van der Waals surface area contributed by atoms with Gasteiger partial charge in [-0.2, -0.15) is 4.98 Å². The molecule has 0 spiro atoms. The third-order valence-corrected chi connectivity index (χ3v) is 3.65. The first-order valence-electron chi connectivity index (χ1n) is 6.14. The third kappa shape index (κ3) is 2.64. The van der Waals surface area contributed by atoms with Gasteiger partial charge in [-0.15, -0.1) is 0 Å². The van der Waals surface area contributed by atoms with E-state index in [9.17, 15) is 5.11 Å². The number of aromatic nitrogens is 2. The average Bonchev–Trinajstić information content (AvgIpc) is 2.89. The van der Waals surface area contributed by atoms with E-state index in [4.69, 9.17) is 9.26 Å². The summed E-state index contributed by atoms with van der Waals surface area (Å²) in [6, 6.07) is 5.17. The summed E-state index contributed by atoms with van der Waals surface area (Å²) in [5.41, 5.74) is 0.540. The molecule has 3 rings (SSSR count). The summed E-state index contributed by atoms with van der Waals surface area (Å²) in [6.45, 7) is 1.43. The van der Waals surface area contributed by atoms with E-state index in [0.717, 1.165) is 23.9 Å². The number of rotatable bonds is 2. The van der Waals surface area contributed by atoms with Crippen LogP contribution in [0.3, 0.4) is 0 Å². The zero-order chi connectivity index (χ0) is 13.2. The van der Waals surface area contributed by atoms with Crippen molar-refractivity contribution in [3.05, 3.63) is 28.5 Å². The Kier molecular flexibility index (Phi) is 3.52. The van der Waals surface area contributed by atoms with Gasteiger partial charge in [-0.05, 0) is 31.0 Å². The van der Waals surface area contributed by atoms with Crippen LogP contribution in [0.2, 0.25) is 0 Å². The van der Waals surface area contributed by atoms with Crippen LogP contribution in [0.1, 0.15) is 24.6 Å². The molecule has 0 saturated carbocycles. The van der Waals surface area contributed by atoms with Gasteiger partial charge in [0.1, 0.15) is 5.75 Å². The molecule has 1 aliphatic heterocycles. The van der Waals surface area contributed by atoms with Gasteiger partial charge in [-0.3, -0.25) is 0 Å². The zero-order valence-corrected chi connectivity index (χ0v) is 11.8. The van der Waals surface area contributed by atoms with Crippen LogP contribution in [0.25, 0.3) is 11.5 Å². The van der Waals surface area contributed by atoms with Crippen LogP contribution < -0.4 is 0 Å². The van der Waals surface area contributed by atoms with Gasteiger partial charge in [0.05, 0.1) is 12.2 Å². The minimum Gasteiger partial charge on any atom is -0.507 e. The molecule has 100 valence electrons. The first-order valence-corrected chi connectivity index (χ1v) is 6.93. The number of hydrogen-bond donors (Lipinski definition) is 1. The van der Waals surface area contributed by atoms with Crippen LogP contribution in [-0.4, -0.2) is 28.5 Å². The van der Waals surface area contributed by atoms with Gasteiger partial charge in [0, 0.05) is 17.0 Å². The Morgan fingerprint density at radius 3 is 3.00 bits per heavy atom. The second-order valence-corrected chi connectivity index (χ2v) is 5.45. The average molecular weight is 325 g/mol. The van der Waals surface area contributed by atoms with Crippen molar-refractivity contribution >= 4 is 15.9 Å². The smallest absolute Gasteiger partial charge is 0.261 e. The molecular formula is C13H13BrN2O3. The van der Waals surface area contributed by atoms with Gasteiger partial charge >= 0.3 is 0 Å². The molecule has 1 aromatic carbocycles. The molecular weight excluding hydrogens is 312 g/mol. The first-order chi connectivity index (χ1) is 9.24. The van der Waals surface area contributed by atoms with E-state index in [-0.39, 0.29) is 11.7 Å². The summed E-state index contributed by atoms with van der Waals surface area (Å²) in [5, 5.41) is 13.9. The molecule has 0 aliphatic carbocycles. The topological polar surface area (TPSA) is 68.4 Å². The standard InChI is InChI=1S/C13H13BrN2O3/c14-9-3-4-10(11(17)6-9)13-15-12(16-19-13)8-2-1-5-18-7-8/h3-4,6,8,17H,1-2,5,7H2. The Balaban J connectivity index is 1.87. The van der Waals surface area contributed by atoms with Crippen molar-refractivity contribution in [2.75, 3.05) is 13.2 Å². The lowest BCUT2D eigenvalue weighted by molar-refractivity contribution is 0.0773. The number of aromatic hydroxyl groups is 1. The number of benzene rings is 1. The summed E-state index contributed by atoms with van der Waals surface area (Å²) < 4.78 is 11.4. The Labute approximate surface area is 118 Å². The molecule has 1 saturated heterocycles. The van der Waals surface area contributed by atoms with Gasteiger partial charge in [0.25, 0.3) is 5.89 Å². The molecule has 1 unspecified atom stereocenters. The molecule has 1 fully saturated rings. The SMILES string of the molecule is Oc1cc(Br)ccc1-c1nc(C2CCCOC2)no1. The lowest BCUT2D eigenvalue weighted by Crippen LogP contribution is -2.16. The highest BCUT2D eigenvalue weighted by Gasteiger charge is 2.22. The predicted octanol–water partition coefficient (Wildman–Crippen LogP) is 3.10. The highest BCUT2D eigenvalue weighted by molar-refractivity contribution is 9.10. The van der Waals surface area contributed by atoms with Crippen LogP contribution >= 0.6 is 15.9 Å². The molecule has 1 N–H and O–H groups in total. The van der Waals surface area contributed by atoms with E-state index in [1.54, 1.807) is 12.1 Å². The minimum absolute atomic E-state index is 0.115. The molecule has 2 heterocycles. The van der Waals surface area contributed by atoms with Gasteiger partial charge in [-0.25, -0.2) is 0 Å². The van der Waals surface area contributed by atoms with E-state index in [1.165, 1.54) is 0 Å². The fourth-order valence-electron chi connectivity index (χ4n) is 2.14. The van der Waals surface area contributed by atoms with Crippen molar-refractivity contribution in [2.24, 2.45) is 0 Å². The number of hydrogen-bond acceptors (Lipinski definition) is 5. The second kappa shape index (κ2) is 5.30. The van der Waals surface area contributed by atoms with Crippen molar-refractivity contribution in [3.8, 4) is 17.2 Å². The zero-order valence-electron chi connectivity index (χ0n) is 10.2. The normalized spacial score (nSPS) is 19.5. The number of nitrogens with zero attached hydrogens (tertiary/aromatic N) is 2. The molecule has 0 amide bonds. The highest BCUT2D eigenvalue weighted by Crippen LogP contribution is 2.32. The Hall–Kier alpha value is -1.40. The van der Waals surface area contributed by atoms with E-state index in [2.05, 4.69) is 26.1 Å². The Bertz CT molecular complexity index is 579. The van der Waals surface area contributed by atoms with Crippen LogP contribution in [0.5, 0.6) is 5.75 Å². The number of phenolic OH excluding ortho intramolecular Hbond substituents is 1. The van der Waals surface area contributed by atoms with Crippen molar-refractivity contribution in [3.63, 3.8) is 0 Å². The fraction of sp³-hybridized carbons (Fsp3) is 0.385. The molecule has 2 aromatic rings. The molecule has 1 atom stereocenters. The quantitative estimate of drug-likeness (QED) is 0.919. The fourth-order valence-corrected chi connectivity index (χ4v) is 2.49. The van der Waals surface area contributed by atoms with Gasteiger partial charge < -0.3 is 14.4 Å². The second-order valence-electron chi connectivity index (χ2n) is 4.53. The summed E-state index contributed by atoms with van der Waals surface area (Å²) in [5.74, 6) is 1.29. The van der Waals surface area contributed by atoms with Crippen LogP contribution in [-0.2, 0) is 4.74 Å². The lowest BCUT2D eigenvalue weighted by Gasteiger charge is -2.18. The van der Waals surface area contributed by atoms with Crippen molar-refractivity contribution in [1.82, 2.24) is 10.1 Å². The maximum atomic E-state index is 9.88. The van der Waals surface area contributed by atoms with Gasteiger partial charge in [0.2, 0.25) is 0 Å². The van der Waals surface area contributed by atoms with Crippen molar-refractivity contribution < 1.29 is 14.4 Å². The van der Waals surface area contributed by atoms with E-state index in [1.807, 2.05) is 6.07 Å². The van der Waals surface area contributed by atoms with Crippen LogP contribution in [0.15, 0.2) is 27.2 Å². The van der Waals surface area contributed by atoms with Crippen LogP contribution in [0, 0.1) is 0 Å².